The van der Waals surface area contributed by atoms with E-state index in [0.29, 0.717) is 6.04 Å². The van der Waals surface area contributed by atoms with E-state index in [1.807, 2.05) is 12.4 Å². The Morgan fingerprint density at radius 3 is 2.72 bits per heavy atom. The predicted molar refractivity (Wildman–Crippen MR) is 74.6 cm³/mol. The summed E-state index contributed by atoms with van der Waals surface area (Å²) in [5, 5.41) is 3.37. The van der Waals surface area contributed by atoms with Gasteiger partial charge < -0.3 is 10.2 Å². The van der Waals surface area contributed by atoms with Gasteiger partial charge in [-0.15, -0.1) is 0 Å². The smallest absolute Gasteiger partial charge is 0.225 e. The Morgan fingerprint density at radius 1 is 1.39 bits per heavy atom. The average molecular weight is 248 g/mol. The van der Waals surface area contributed by atoms with Gasteiger partial charge >= 0.3 is 0 Å². The molecule has 1 aromatic rings. The lowest BCUT2D eigenvalue weighted by molar-refractivity contribution is 0.442. The third-order valence-electron chi connectivity index (χ3n) is 3.35. The zero-order valence-corrected chi connectivity index (χ0v) is 11.7. The molecule has 0 aromatic carbocycles. The van der Waals surface area contributed by atoms with E-state index in [1.54, 1.807) is 0 Å². The van der Waals surface area contributed by atoms with Crippen LogP contribution in [0.2, 0.25) is 0 Å². The number of anilines is 1. The minimum atomic E-state index is 0.493. The maximum Gasteiger partial charge on any atom is 0.225 e. The molecular formula is C14H24N4. The first-order valence-corrected chi connectivity index (χ1v) is 6.94. The fraction of sp³-hybridized carbons (Fsp3) is 0.714. The van der Waals surface area contributed by atoms with Crippen molar-refractivity contribution >= 4 is 5.95 Å². The fourth-order valence-electron chi connectivity index (χ4n) is 2.30. The monoisotopic (exact) mass is 248 g/mol. The molecule has 0 radical (unpaired) electrons. The molecule has 4 nitrogen and oxygen atoms in total. The highest BCUT2D eigenvalue weighted by atomic mass is 15.2. The van der Waals surface area contributed by atoms with Crippen LogP contribution in [-0.2, 0) is 6.54 Å². The van der Waals surface area contributed by atoms with Gasteiger partial charge in [-0.1, -0.05) is 20.8 Å². The topological polar surface area (TPSA) is 41.1 Å². The van der Waals surface area contributed by atoms with Gasteiger partial charge in [-0.3, -0.25) is 0 Å². The van der Waals surface area contributed by atoms with Crippen molar-refractivity contribution in [3.63, 3.8) is 0 Å². The molecule has 1 N–H and O–H groups in total. The second kappa shape index (κ2) is 6.14. The minimum Gasteiger partial charge on any atom is -0.341 e. The summed E-state index contributed by atoms with van der Waals surface area (Å²) >= 11 is 0. The van der Waals surface area contributed by atoms with Crippen LogP contribution in [0.5, 0.6) is 0 Å². The van der Waals surface area contributed by atoms with E-state index in [1.165, 1.54) is 12.8 Å². The number of hydrogen-bond donors (Lipinski definition) is 1. The average Bonchev–Trinajstić information content (AvgIpc) is 2.37. The Balaban J connectivity index is 1.94. The third kappa shape index (κ3) is 3.67. The van der Waals surface area contributed by atoms with Crippen molar-refractivity contribution < 1.29 is 0 Å². The van der Waals surface area contributed by atoms with E-state index in [0.717, 1.165) is 37.1 Å². The second-order valence-electron chi connectivity index (χ2n) is 5.62. The molecule has 1 unspecified atom stereocenters. The normalized spacial score (nSPS) is 20.4. The quantitative estimate of drug-likeness (QED) is 0.887. The second-order valence-corrected chi connectivity index (χ2v) is 5.62. The van der Waals surface area contributed by atoms with Crippen LogP contribution < -0.4 is 10.2 Å². The lowest BCUT2D eigenvalue weighted by Gasteiger charge is -2.30. The highest BCUT2D eigenvalue weighted by Crippen LogP contribution is 2.19. The van der Waals surface area contributed by atoms with E-state index in [9.17, 15) is 0 Å². The molecule has 0 amide bonds. The van der Waals surface area contributed by atoms with Gasteiger partial charge in [0.1, 0.15) is 0 Å². The highest BCUT2D eigenvalue weighted by Gasteiger charge is 2.18. The fourth-order valence-corrected chi connectivity index (χ4v) is 2.30. The van der Waals surface area contributed by atoms with Crippen LogP contribution in [0.15, 0.2) is 12.4 Å². The van der Waals surface area contributed by atoms with Gasteiger partial charge in [0.25, 0.3) is 0 Å². The molecule has 0 spiro atoms. The molecule has 0 aliphatic carbocycles. The maximum atomic E-state index is 4.49. The minimum absolute atomic E-state index is 0.493. The summed E-state index contributed by atoms with van der Waals surface area (Å²) in [5.74, 6) is 1.64. The van der Waals surface area contributed by atoms with Gasteiger partial charge in [-0.05, 0) is 18.8 Å². The number of aromatic nitrogens is 2. The zero-order chi connectivity index (χ0) is 13.0. The van der Waals surface area contributed by atoms with Crippen molar-refractivity contribution in [2.75, 3.05) is 18.0 Å². The molecule has 100 valence electrons. The van der Waals surface area contributed by atoms with Crippen molar-refractivity contribution in [2.24, 2.45) is 5.92 Å². The van der Waals surface area contributed by atoms with Crippen molar-refractivity contribution in [1.82, 2.24) is 15.3 Å². The molecule has 1 aliphatic rings. The summed E-state index contributed by atoms with van der Waals surface area (Å²) in [5.41, 5.74) is 1.15. The molecule has 1 saturated heterocycles. The zero-order valence-electron chi connectivity index (χ0n) is 11.7. The van der Waals surface area contributed by atoms with E-state index in [-0.39, 0.29) is 0 Å². The molecule has 1 atom stereocenters. The Morgan fingerprint density at radius 2 is 2.11 bits per heavy atom. The van der Waals surface area contributed by atoms with Gasteiger partial charge in [0.05, 0.1) is 0 Å². The van der Waals surface area contributed by atoms with Crippen molar-refractivity contribution in [3.8, 4) is 0 Å². The van der Waals surface area contributed by atoms with Crippen LogP contribution >= 0.6 is 0 Å². The van der Waals surface area contributed by atoms with Crippen LogP contribution in [0, 0.1) is 5.92 Å². The number of rotatable bonds is 4. The van der Waals surface area contributed by atoms with Crippen LogP contribution in [0.4, 0.5) is 5.95 Å². The lowest BCUT2D eigenvalue weighted by atomic mass is 10.0. The van der Waals surface area contributed by atoms with E-state index in [2.05, 4.69) is 41.0 Å². The van der Waals surface area contributed by atoms with Gasteiger partial charge in [-0.2, -0.15) is 0 Å². The number of nitrogens with one attached hydrogen (secondary N) is 1. The highest BCUT2D eigenvalue weighted by molar-refractivity contribution is 5.30. The summed E-state index contributed by atoms with van der Waals surface area (Å²) in [6.07, 6.45) is 6.46. The Hall–Kier alpha value is -1.16. The molecule has 4 heteroatoms. The standard InChI is InChI=1S/C14H24N4/c1-11(2)15-7-13-8-16-14(17-9-13)18-6-4-5-12(3)10-18/h8-9,11-12,15H,4-7,10H2,1-3H3. The molecule has 1 aromatic heterocycles. The molecular weight excluding hydrogens is 224 g/mol. The first-order valence-electron chi connectivity index (χ1n) is 6.94. The number of piperidine rings is 1. The largest absolute Gasteiger partial charge is 0.341 e. The molecule has 18 heavy (non-hydrogen) atoms. The predicted octanol–water partition coefficient (Wildman–Crippen LogP) is 2.21. The summed E-state index contributed by atoms with van der Waals surface area (Å²) in [6, 6.07) is 0.493. The molecule has 2 rings (SSSR count). The summed E-state index contributed by atoms with van der Waals surface area (Å²) in [6.45, 7) is 9.60. The van der Waals surface area contributed by atoms with Crippen molar-refractivity contribution in [3.05, 3.63) is 18.0 Å². The SMILES string of the molecule is CC1CCCN(c2ncc(CNC(C)C)cn2)C1. The van der Waals surface area contributed by atoms with Crippen LogP contribution in [0.1, 0.15) is 39.2 Å². The van der Waals surface area contributed by atoms with Gasteiger partial charge in [0.2, 0.25) is 5.95 Å². The van der Waals surface area contributed by atoms with E-state index < -0.39 is 0 Å². The Kier molecular flexibility index (Phi) is 4.53. The first-order chi connectivity index (χ1) is 8.65. The molecule has 2 heterocycles. The maximum absolute atomic E-state index is 4.49. The molecule has 1 fully saturated rings. The summed E-state index contributed by atoms with van der Waals surface area (Å²) in [7, 11) is 0. The van der Waals surface area contributed by atoms with Gasteiger partial charge in [-0.25, -0.2) is 9.97 Å². The van der Waals surface area contributed by atoms with Crippen molar-refractivity contribution in [1.29, 1.82) is 0 Å². The molecule has 0 saturated carbocycles. The van der Waals surface area contributed by atoms with Crippen LogP contribution in [0.25, 0.3) is 0 Å². The number of hydrogen-bond acceptors (Lipinski definition) is 4. The van der Waals surface area contributed by atoms with Crippen molar-refractivity contribution in [2.45, 2.75) is 46.2 Å². The lowest BCUT2D eigenvalue weighted by Crippen LogP contribution is -2.35. The number of nitrogens with zero attached hydrogens (tertiary/aromatic N) is 3. The van der Waals surface area contributed by atoms with Crippen LogP contribution in [0.3, 0.4) is 0 Å². The third-order valence-corrected chi connectivity index (χ3v) is 3.35. The van der Waals surface area contributed by atoms with Gasteiger partial charge in [0, 0.05) is 43.6 Å². The summed E-state index contributed by atoms with van der Waals surface area (Å²) in [4.78, 5) is 11.3. The van der Waals surface area contributed by atoms with Crippen LogP contribution in [-0.4, -0.2) is 29.1 Å². The van der Waals surface area contributed by atoms with E-state index >= 15 is 0 Å². The molecule has 0 bridgehead atoms. The Labute approximate surface area is 110 Å². The molecule has 1 aliphatic heterocycles. The first kappa shape index (κ1) is 13.3. The van der Waals surface area contributed by atoms with Gasteiger partial charge in [0.15, 0.2) is 0 Å². The summed E-state index contributed by atoms with van der Waals surface area (Å²) < 4.78 is 0. The van der Waals surface area contributed by atoms with E-state index in [4.69, 9.17) is 0 Å². The Bertz CT molecular complexity index is 361.